The van der Waals surface area contributed by atoms with E-state index in [-0.39, 0.29) is 0 Å². The Morgan fingerprint density at radius 2 is 2.28 bits per heavy atom. The van der Waals surface area contributed by atoms with Crippen LogP contribution in [0.25, 0.3) is 5.82 Å². The second kappa shape index (κ2) is 6.19. The van der Waals surface area contributed by atoms with Crippen molar-refractivity contribution in [2.24, 2.45) is 0 Å². The maximum Gasteiger partial charge on any atom is 0.191 e. The molecule has 0 saturated carbocycles. The molecule has 0 radical (unpaired) electrons. The van der Waals surface area contributed by atoms with E-state index in [0.29, 0.717) is 0 Å². The summed E-state index contributed by atoms with van der Waals surface area (Å²) in [6.07, 6.45) is 6.62. The average molecular weight is 328 g/mol. The fraction of sp³-hybridized carbons (Fsp3) is 0.364. The van der Waals surface area contributed by atoms with Crippen LogP contribution in [0.1, 0.15) is 13.3 Å². The third-order valence-electron chi connectivity index (χ3n) is 2.22. The summed E-state index contributed by atoms with van der Waals surface area (Å²) in [6, 6.07) is 1.90. The topological polar surface area (TPSA) is 55.6 Å². The van der Waals surface area contributed by atoms with Gasteiger partial charge >= 0.3 is 0 Å². The van der Waals surface area contributed by atoms with Crippen LogP contribution >= 0.6 is 27.7 Å². The number of rotatable bonds is 5. The van der Waals surface area contributed by atoms with Crippen molar-refractivity contribution in [1.82, 2.24) is 19.7 Å². The Balaban J connectivity index is 2.34. The summed E-state index contributed by atoms with van der Waals surface area (Å²) >= 11 is 4.89. The van der Waals surface area contributed by atoms with Gasteiger partial charge in [-0.3, -0.25) is 0 Å². The van der Waals surface area contributed by atoms with Crippen molar-refractivity contribution in [2.75, 3.05) is 18.1 Å². The van der Waals surface area contributed by atoms with Crippen molar-refractivity contribution in [3.05, 3.63) is 22.9 Å². The van der Waals surface area contributed by atoms with Gasteiger partial charge in [-0.05, 0) is 28.6 Å². The first-order chi connectivity index (χ1) is 8.72. The van der Waals surface area contributed by atoms with E-state index in [2.05, 4.69) is 43.2 Å². The number of thioether (sulfide) groups is 1. The standard InChI is InChI=1S/C11H14BrN5S/c1-3-4-13-9-5-10(16-11(15-9)18-2)17-7-8(12)6-14-17/h5-7H,3-4H2,1-2H3,(H,13,15,16). The normalized spacial score (nSPS) is 10.6. The van der Waals surface area contributed by atoms with Crippen LogP contribution in [0.4, 0.5) is 5.82 Å². The van der Waals surface area contributed by atoms with Gasteiger partial charge in [0.25, 0.3) is 0 Å². The molecule has 0 spiro atoms. The highest BCUT2D eigenvalue weighted by Gasteiger charge is 2.06. The zero-order valence-electron chi connectivity index (χ0n) is 10.2. The number of nitrogens with zero attached hydrogens (tertiary/aromatic N) is 4. The van der Waals surface area contributed by atoms with Crippen molar-refractivity contribution >= 4 is 33.5 Å². The minimum Gasteiger partial charge on any atom is -0.370 e. The number of aromatic nitrogens is 4. The minimum absolute atomic E-state index is 0.734. The van der Waals surface area contributed by atoms with Crippen LogP contribution < -0.4 is 5.32 Å². The molecule has 18 heavy (non-hydrogen) atoms. The Kier molecular flexibility index (Phi) is 4.60. The van der Waals surface area contributed by atoms with Gasteiger partial charge in [0.05, 0.1) is 10.7 Å². The number of anilines is 1. The van der Waals surface area contributed by atoms with Gasteiger partial charge in [0.2, 0.25) is 0 Å². The predicted octanol–water partition coefficient (Wildman–Crippen LogP) is 2.97. The van der Waals surface area contributed by atoms with Gasteiger partial charge < -0.3 is 5.32 Å². The highest BCUT2D eigenvalue weighted by Crippen LogP contribution is 2.18. The molecule has 0 fully saturated rings. The van der Waals surface area contributed by atoms with Crippen LogP contribution in [0.2, 0.25) is 0 Å². The monoisotopic (exact) mass is 327 g/mol. The van der Waals surface area contributed by atoms with Gasteiger partial charge in [-0.15, -0.1) is 0 Å². The number of nitrogens with one attached hydrogen (secondary N) is 1. The molecule has 0 aromatic carbocycles. The van der Waals surface area contributed by atoms with E-state index in [0.717, 1.165) is 34.2 Å². The molecule has 0 amide bonds. The summed E-state index contributed by atoms with van der Waals surface area (Å²) in [5, 5.41) is 8.23. The van der Waals surface area contributed by atoms with Crippen LogP contribution in [0.15, 0.2) is 28.1 Å². The Bertz CT molecular complexity index is 528. The molecule has 2 rings (SSSR count). The Hall–Kier alpha value is -1.08. The number of hydrogen-bond donors (Lipinski definition) is 1. The molecular formula is C11H14BrN5S. The van der Waals surface area contributed by atoms with Crippen LogP contribution in [0.3, 0.4) is 0 Å². The van der Waals surface area contributed by atoms with Gasteiger partial charge in [0.15, 0.2) is 11.0 Å². The molecule has 2 aromatic heterocycles. The second-order valence-electron chi connectivity index (χ2n) is 3.63. The number of halogens is 1. The van der Waals surface area contributed by atoms with E-state index < -0.39 is 0 Å². The van der Waals surface area contributed by atoms with Gasteiger partial charge in [-0.2, -0.15) is 5.10 Å². The third-order valence-corrected chi connectivity index (χ3v) is 3.17. The summed E-state index contributed by atoms with van der Waals surface area (Å²) < 4.78 is 2.65. The molecule has 0 saturated heterocycles. The van der Waals surface area contributed by atoms with Gasteiger partial charge in [-0.25, -0.2) is 14.6 Å². The smallest absolute Gasteiger partial charge is 0.191 e. The largest absolute Gasteiger partial charge is 0.370 e. The van der Waals surface area contributed by atoms with E-state index >= 15 is 0 Å². The summed E-state index contributed by atoms with van der Waals surface area (Å²) in [5.41, 5.74) is 0. The molecule has 96 valence electrons. The Morgan fingerprint density at radius 3 is 2.89 bits per heavy atom. The van der Waals surface area contributed by atoms with Gasteiger partial charge in [-0.1, -0.05) is 18.7 Å². The fourth-order valence-electron chi connectivity index (χ4n) is 1.39. The average Bonchev–Trinajstić information content (AvgIpc) is 2.82. The first kappa shape index (κ1) is 13.4. The lowest BCUT2D eigenvalue weighted by Gasteiger charge is -2.08. The minimum atomic E-state index is 0.734. The summed E-state index contributed by atoms with van der Waals surface area (Å²) in [5.74, 6) is 1.59. The van der Waals surface area contributed by atoms with E-state index in [1.165, 1.54) is 11.8 Å². The van der Waals surface area contributed by atoms with E-state index in [9.17, 15) is 0 Å². The Labute approximate surface area is 119 Å². The molecule has 0 atom stereocenters. The molecule has 2 heterocycles. The van der Waals surface area contributed by atoms with Crippen molar-refractivity contribution in [3.63, 3.8) is 0 Å². The highest BCUT2D eigenvalue weighted by molar-refractivity contribution is 9.10. The van der Waals surface area contributed by atoms with E-state index in [1.54, 1.807) is 10.9 Å². The fourth-order valence-corrected chi connectivity index (χ4v) is 2.05. The van der Waals surface area contributed by atoms with Crippen molar-refractivity contribution in [2.45, 2.75) is 18.5 Å². The quantitative estimate of drug-likeness (QED) is 0.675. The van der Waals surface area contributed by atoms with Crippen LogP contribution in [-0.4, -0.2) is 32.5 Å². The van der Waals surface area contributed by atoms with Crippen molar-refractivity contribution in [3.8, 4) is 5.82 Å². The summed E-state index contributed by atoms with van der Waals surface area (Å²) in [7, 11) is 0. The molecule has 1 N–H and O–H groups in total. The maximum atomic E-state index is 4.44. The van der Waals surface area contributed by atoms with Gasteiger partial charge in [0, 0.05) is 18.8 Å². The van der Waals surface area contributed by atoms with Gasteiger partial charge in [0.1, 0.15) is 5.82 Å². The van der Waals surface area contributed by atoms with Crippen LogP contribution in [0, 0.1) is 0 Å². The first-order valence-corrected chi connectivity index (χ1v) is 7.62. The van der Waals surface area contributed by atoms with Crippen LogP contribution in [-0.2, 0) is 0 Å². The third kappa shape index (κ3) is 3.23. The SMILES string of the molecule is CCCNc1cc(-n2cc(Br)cn2)nc(SC)n1. The van der Waals surface area contributed by atoms with E-state index in [1.807, 2.05) is 18.5 Å². The molecule has 0 unspecified atom stereocenters. The lowest BCUT2D eigenvalue weighted by atomic mass is 10.4. The molecular weight excluding hydrogens is 314 g/mol. The predicted molar refractivity (Wildman–Crippen MR) is 77.4 cm³/mol. The molecule has 0 aliphatic rings. The molecule has 2 aromatic rings. The highest BCUT2D eigenvalue weighted by atomic mass is 79.9. The van der Waals surface area contributed by atoms with Crippen molar-refractivity contribution < 1.29 is 0 Å². The van der Waals surface area contributed by atoms with E-state index in [4.69, 9.17) is 0 Å². The number of hydrogen-bond acceptors (Lipinski definition) is 5. The molecule has 7 heteroatoms. The molecule has 5 nitrogen and oxygen atoms in total. The summed E-state index contributed by atoms with van der Waals surface area (Å²) in [4.78, 5) is 8.84. The second-order valence-corrected chi connectivity index (χ2v) is 5.32. The van der Waals surface area contributed by atoms with Crippen molar-refractivity contribution in [1.29, 1.82) is 0 Å². The summed E-state index contributed by atoms with van der Waals surface area (Å²) in [6.45, 7) is 3.02. The molecule has 0 bridgehead atoms. The maximum absolute atomic E-state index is 4.44. The lowest BCUT2D eigenvalue weighted by Crippen LogP contribution is -2.06. The Morgan fingerprint density at radius 1 is 1.44 bits per heavy atom. The zero-order valence-corrected chi connectivity index (χ0v) is 12.6. The van der Waals surface area contributed by atoms with Crippen LogP contribution in [0.5, 0.6) is 0 Å². The lowest BCUT2D eigenvalue weighted by molar-refractivity contribution is 0.806. The molecule has 0 aliphatic heterocycles. The molecule has 0 aliphatic carbocycles. The first-order valence-electron chi connectivity index (χ1n) is 5.60. The zero-order chi connectivity index (χ0) is 13.0.